The highest BCUT2D eigenvalue weighted by atomic mass is 16.5. The van der Waals surface area contributed by atoms with E-state index in [1.165, 1.54) is 19.3 Å². The molecule has 0 aliphatic carbocycles. The van der Waals surface area contributed by atoms with E-state index in [1.54, 1.807) is 0 Å². The summed E-state index contributed by atoms with van der Waals surface area (Å²) in [4.78, 5) is 2.26. The van der Waals surface area contributed by atoms with Gasteiger partial charge in [0.15, 0.2) is 0 Å². The number of hydrogen-bond donors (Lipinski definition) is 2. The molecule has 2 unspecified atom stereocenters. The summed E-state index contributed by atoms with van der Waals surface area (Å²) < 4.78 is 11.0. The van der Waals surface area contributed by atoms with Crippen LogP contribution < -0.4 is 5.32 Å². The van der Waals surface area contributed by atoms with Crippen LogP contribution in [0.15, 0.2) is 0 Å². The average molecular weight is 272 g/mol. The maximum atomic E-state index is 9.96. The minimum Gasteiger partial charge on any atom is -0.390 e. The number of hydrogen-bond acceptors (Lipinski definition) is 5. The van der Waals surface area contributed by atoms with Crippen molar-refractivity contribution in [1.82, 2.24) is 10.2 Å². The molecule has 5 nitrogen and oxygen atoms in total. The third kappa shape index (κ3) is 6.19. The molecular weight excluding hydrogens is 244 g/mol. The Bertz CT molecular complexity index is 229. The topological polar surface area (TPSA) is 54.0 Å². The van der Waals surface area contributed by atoms with Crippen LogP contribution in [0.25, 0.3) is 0 Å². The Morgan fingerprint density at radius 1 is 1.21 bits per heavy atom. The number of morpholine rings is 1. The molecule has 0 radical (unpaired) electrons. The van der Waals surface area contributed by atoms with Gasteiger partial charge in [-0.25, -0.2) is 0 Å². The minimum absolute atomic E-state index is 0.287. The van der Waals surface area contributed by atoms with Crippen LogP contribution in [0, 0.1) is 0 Å². The zero-order valence-electron chi connectivity index (χ0n) is 11.9. The van der Waals surface area contributed by atoms with E-state index < -0.39 is 0 Å². The van der Waals surface area contributed by atoms with Gasteiger partial charge in [-0.3, -0.25) is 4.90 Å². The van der Waals surface area contributed by atoms with Crippen LogP contribution in [0.1, 0.15) is 25.7 Å². The standard InChI is InChI=1S/C14H28N2O3/c17-13(12-16-6-9-18-10-7-16)11-15-5-4-14-3-1-2-8-19-14/h13-15,17H,1-12H2. The van der Waals surface area contributed by atoms with Crippen molar-refractivity contribution in [3.8, 4) is 0 Å². The zero-order chi connectivity index (χ0) is 13.3. The Balaban J connectivity index is 1.47. The first-order valence-electron chi connectivity index (χ1n) is 7.65. The molecule has 0 bridgehead atoms. The summed E-state index contributed by atoms with van der Waals surface area (Å²) in [6.07, 6.45) is 4.90. The predicted molar refractivity (Wildman–Crippen MR) is 74.3 cm³/mol. The summed E-state index contributed by atoms with van der Waals surface area (Å²) >= 11 is 0. The number of rotatable bonds is 7. The van der Waals surface area contributed by atoms with E-state index in [1.807, 2.05) is 0 Å². The summed E-state index contributed by atoms with van der Waals surface area (Å²) in [6.45, 7) is 6.73. The van der Waals surface area contributed by atoms with Crippen LogP contribution in [-0.4, -0.2) is 74.8 Å². The molecular formula is C14H28N2O3. The van der Waals surface area contributed by atoms with E-state index in [9.17, 15) is 5.11 Å². The van der Waals surface area contributed by atoms with Crippen molar-refractivity contribution in [2.24, 2.45) is 0 Å². The molecule has 2 aliphatic heterocycles. The Morgan fingerprint density at radius 2 is 2.05 bits per heavy atom. The quantitative estimate of drug-likeness (QED) is 0.650. The van der Waals surface area contributed by atoms with Crippen LogP contribution in [-0.2, 0) is 9.47 Å². The average Bonchev–Trinajstić information content (AvgIpc) is 2.46. The van der Waals surface area contributed by atoms with Crippen molar-refractivity contribution < 1.29 is 14.6 Å². The molecule has 0 spiro atoms. The Hall–Kier alpha value is -0.200. The van der Waals surface area contributed by atoms with E-state index in [2.05, 4.69) is 10.2 Å². The second-order valence-electron chi connectivity index (χ2n) is 5.55. The Kier molecular flexibility index (Phi) is 7.09. The summed E-state index contributed by atoms with van der Waals surface area (Å²) in [5, 5.41) is 13.3. The van der Waals surface area contributed by atoms with E-state index in [-0.39, 0.29) is 6.10 Å². The molecule has 2 N–H and O–H groups in total. The molecule has 2 saturated heterocycles. The lowest BCUT2D eigenvalue weighted by molar-refractivity contribution is 0.00820. The van der Waals surface area contributed by atoms with Crippen molar-refractivity contribution in [2.75, 3.05) is 52.5 Å². The van der Waals surface area contributed by atoms with Gasteiger partial charge in [0, 0.05) is 32.8 Å². The fourth-order valence-electron chi connectivity index (χ4n) is 2.71. The van der Waals surface area contributed by atoms with Crippen LogP contribution in [0.3, 0.4) is 0 Å². The van der Waals surface area contributed by atoms with E-state index in [0.29, 0.717) is 12.6 Å². The van der Waals surface area contributed by atoms with E-state index in [4.69, 9.17) is 9.47 Å². The number of β-amino-alcohol motifs (C(OH)–C–C–N with tert-alkyl or cyclic N) is 1. The Labute approximate surface area is 116 Å². The number of nitrogens with one attached hydrogen (secondary N) is 1. The monoisotopic (exact) mass is 272 g/mol. The largest absolute Gasteiger partial charge is 0.390 e. The van der Waals surface area contributed by atoms with E-state index >= 15 is 0 Å². The van der Waals surface area contributed by atoms with Gasteiger partial charge >= 0.3 is 0 Å². The van der Waals surface area contributed by atoms with Gasteiger partial charge < -0.3 is 19.9 Å². The first-order valence-corrected chi connectivity index (χ1v) is 7.65. The maximum absolute atomic E-state index is 9.96. The first-order chi connectivity index (χ1) is 9.34. The normalized spacial score (nSPS) is 27.3. The molecule has 0 aromatic heterocycles. The molecule has 2 atom stereocenters. The molecule has 2 fully saturated rings. The second kappa shape index (κ2) is 8.87. The summed E-state index contributed by atoms with van der Waals surface area (Å²) in [6, 6.07) is 0. The summed E-state index contributed by atoms with van der Waals surface area (Å²) in [5.41, 5.74) is 0. The number of aliphatic hydroxyl groups is 1. The van der Waals surface area contributed by atoms with Crippen LogP contribution in [0.4, 0.5) is 0 Å². The van der Waals surface area contributed by atoms with Crippen LogP contribution in [0.2, 0.25) is 0 Å². The van der Waals surface area contributed by atoms with Gasteiger partial charge in [0.05, 0.1) is 25.4 Å². The first kappa shape index (κ1) is 15.2. The summed E-state index contributed by atoms with van der Waals surface area (Å²) in [7, 11) is 0. The smallest absolute Gasteiger partial charge is 0.0791 e. The molecule has 0 amide bonds. The van der Waals surface area contributed by atoms with Gasteiger partial charge in [-0.2, -0.15) is 0 Å². The lowest BCUT2D eigenvalue weighted by atomic mass is 10.1. The maximum Gasteiger partial charge on any atom is 0.0791 e. The van der Waals surface area contributed by atoms with Crippen molar-refractivity contribution in [3.05, 3.63) is 0 Å². The number of aliphatic hydroxyl groups excluding tert-OH is 1. The fraction of sp³-hybridized carbons (Fsp3) is 1.00. The number of ether oxygens (including phenoxy) is 2. The molecule has 0 aromatic carbocycles. The minimum atomic E-state index is -0.287. The molecule has 0 saturated carbocycles. The third-order valence-corrected chi connectivity index (χ3v) is 3.87. The second-order valence-corrected chi connectivity index (χ2v) is 5.55. The van der Waals surface area contributed by atoms with Crippen molar-refractivity contribution in [1.29, 1.82) is 0 Å². The Morgan fingerprint density at radius 3 is 2.79 bits per heavy atom. The highest BCUT2D eigenvalue weighted by Crippen LogP contribution is 2.14. The van der Waals surface area contributed by atoms with Crippen LogP contribution in [0.5, 0.6) is 0 Å². The number of nitrogens with zero attached hydrogens (tertiary/aromatic N) is 1. The predicted octanol–water partition coefficient (Wildman–Crippen LogP) is 0.228. The van der Waals surface area contributed by atoms with Gasteiger partial charge in [-0.15, -0.1) is 0 Å². The lowest BCUT2D eigenvalue weighted by Crippen LogP contribution is -2.44. The molecule has 0 aromatic rings. The highest BCUT2D eigenvalue weighted by Gasteiger charge is 2.15. The van der Waals surface area contributed by atoms with E-state index in [0.717, 1.165) is 52.4 Å². The summed E-state index contributed by atoms with van der Waals surface area (Å²) in [5.74, 6) is 0. The molecule has 5 heteroatoms. The fourth-order valence-corrected chi connectivity index (χ4v) is 2.71. The molecule has 2 rings (SSSR count). The zero-order valence-corrected chi connectivity index (χ0v) is 11.9. The van der Waals surface area contributed by atoms with Crippen molar-refractivity contribution >= 4 is 0 Å². The molecule has 112 valence electrons. The third-order valence-electron chi connectivity index (χ3n) is 3.87. The van der Waals surface area contributed by atoms with Gasteiger partial charge in [0.25, 0.3) is 0 Å². The van der Waals surface area contributed by atoms with Crippen molar-refractivity contribution in [2.45, 2.75) is 37.9 Å². The molecule has 2 heterocycles. The van der Waals surface area contributed by atoms with Crippen LogP contribution >= 0.6 is 0 Å². The van der Waals surface area contributed by atoms with Crippen molar-refractivity contribution in [3.63, 3.8) is 0 Å². The molecule has 19 heavy (non-hydrogen) atoms. The van der Waals surface area contributed by atoms with Gasteiger partial charge in [-0.05, 0) is 32.2 Å². The van der Waals surface area contributed by atoms with Gasteiger partial charge in [0.1, 0.15) is 0 Å². The van der Waals surface area contributed by atoms with Gasteiger partial charge in [0.2, 0.25) is 0 Å². The lowest BCUT2D eigenvalue weighted by Gasteiger charge is -2.28. The molecule has 2 aliphatic rings. The SMILES string of the molecule is OC(CNCCC1CCCCO1)CN1CCOCC1. The highest BCUT2D eigenvalue weighted by molar-refractivity contribution is 4.70. The van der Waals surface area contributed by atoms with Gasteiger partial charge in [-0.1, -0.05) is 0 Å².